The summed E-state index contributed by atoms with van der Waals surface area (Å²) in [7, 11) is 0. The second-order valence-corrected chi connectivity index (χ2v) is 4.62. The summed E-state index contributed by atoms with van der Waals surface area (Å²) in [6, 6.07) is 11.3. The zero-order valence-corrected chi connectivity index (χ0v) is 11.4. The Balaban J connectivity index is 2.11. The number of rotatable bonds is 3. The van der Waals surface area contributed by atoms with E-state index in [1.807, 2.05) is 6.07 Å². The van der Waals surface area contributed by atoms with Crippen LogP contribution in [0.3, 0.4) is 0 Å². The summed E-state index contributed by atoms with van der Waals surface area (Å²) in [5.74, 6) is 0.296. The molecule has 0 N–H and O–H groups in total. The summed E-state index contributed by atoms with van der Waals surface area (Å²) >= 11 is 5.85. The van der Waals surface area contributed by atoms with Crippen molar-refractivity contribution in [3.8, 4) is 11.8 Å². The third-order valence-electron chi connectivity index (χ3n) is 2.76. The topological polar surface area (TPSA) is 33.0 Å². The number of benzene rings is 2. The fourth-order valence-electron chi connectivity index (χ4n) is 1.68. The van der Waals surface area contributed by atoms with Gasteiger partial charge in [-0.2, -0.15) is 18.4 Å². The molecule has 2 rings (SSSR count). The molecule has 108 valence electrons. The molecule has 0 unspecified atom stereocenters. The van der Waals surface area contributed by atoms with Crippen molar-refractivity contribution in [2.45, 2.75) is 12.8 Å². The van der Waals surface area contributed by atoms with Gasteiger partial charge in [0, 0.05) is 0 Å². The summed E-state index contributed by atoms with van der Waals surface area (Å²) in [5, 5.41) is 9.25. The second kappa shape index (κ2) is 6.06. The van der Waals surface area contributed by atoms with Gasteiger partial charge in [-0.15, -0.1) is 0 Å². The number of halogens is 4. The minimum absolute atomic E-state index is 0.0488. The van der Waals surface area contributed by atoms with Crippen LogP contribution in [0.5, 0.6) is 5.75 Å². The van der Waals surface area contributed by atoms with Crippen molar-refractivity contribution in [3.63, 3.8) is 0 Å². The van der Waals surface area contributed by atoms with Crippen LogP contribution in [-0.2, 0) is 12.8 Å². The average Bonchev–Trinajstić information content (AvgIpc) is 2.44. The van der Waals surface area contributed by atoms with E-state index >= 15 is 0 Å². The van der Waals surface area contributed by atoms with Gasteiger partial charge in [0.25, 0.3) is 0 Å². The highest BCUT2D eigenvalue weighted by Crippen LogP contribution is 2.30. The summed E-state index contributed by atoms with van der Waals surface area (Å²) in [4.78, 5) is 0. The number of ether oxygens (including phenoxy) is 1. The largest absolute Gasteiger partial charge is 0.487 e. The Morgan fingerprint density at radius 3 is 2.33 bits per heavy atom. The van der Waals surface area contributed by atoms with Gasteiger partial charge in [-0.25, -0.2) is 0 Å². The van der Waals surface area contributed by atoms with Gasteiger partial charge < -0.3 is 4.74 Å². The van der Waals surface area contributed by atoms with Crippen LogP contribution >= 0.6 is 11.6 Å². The summed E-state index contributed by atoms with van der Waals surface area (Å²) in [6.07, 6.45) is -4.36. The maximum absolute atomic E-state index is 12.4. The van der Waals surface area contributed by atoms with E-state index in [2.05, 4.69) is 0 Å². The van der Waals surface area contributed by atoms with Gasteiger partial charge in [-0.05, 0) is 29.8 Å². The molecular formula is C15H9ClF3NO. The van der Waals surface area contributed by atoms with E-state index in [1.54, 1.807) is 18.2 Å². The molecule has 0 aromatic heterocycles. The van der Waals surface area contributed by atoms with Crippen LogP contribution in [0.25, 0.3) is 0 Å². The Morgan fingerprint density at radius 1 is 1.10 bits per heavy atom. The lowest BCUT2D eigenvalue weighted by Crippen LogP contribution is -2.05. The molecule has 0 aliphatic carbocycles. The van der Waals surface area contributed by atoms with E-state index in [-0.39, 0.29) is 17.2 Å². The van der Waals surface area contributed by atoms with Crippen molar-refractivity contribution < 1.29 is 17.9 Å². The van der Waals surface area contributed by atoms with E-state index in [1.165, 1.54) is 12.1 Å². The van der Waals surface area contributed by atoms with Gasteiger partial charge in [0.2, 0.25) is 0 Å². The molecule has 0 heterocycles. The average molecular weight is 312 g/mol. The molecule has 2 nitrogen and oxygen atoms in total. The maximum atomic E-state index is 12.4. The van der Waals surface area contributed by atoms with Crippen molar-refractivity contribution in [1.29, 1.82) is 5.26 Å². The highest BCUT2D eigenvalue weighted by Gasteiger charge is 2.29. The molecule has 0 amide bonds. The number of hydrogen-bond donors (Lipinski definition) is 0. The Morgan fingerprint density at radius 2 is 1.76 bits per heavy atom. The molecule has 6 heteroatoms. The lowest BCUT2D eigenvalue weighted by molar-refractivity contribution is -0.137. The second-order valence-electron chi connectivity index (χ2n) is 4.21. The molecule has 0 bridgehead atoms. The number of alkyl halides is 3. The molecule has 0 aliphatic heterocycles. The SMILES string of the molecule is N#Cc1c(Cl)cccc1OCc1ccc(C(F)(F)F)cc1. The third kappa shape index (κ3) is 3.67. The highest BCUT2D eigenvalue weighted by atomic mass is 35.5. The summed E-state index contributed by atoms with van der Waals surface area (Å²) in [5.41, 5.74) is 0.0460. The standard InChI is InChI=1S/C15H9ClF3NO/c16-13-2-1-3-14(12(13)8-20)21-9-10-4-6-11(7-5-10)15(17,18)19/h1-7H,9H2. The first-order valence-electron chi connectivity index (χ1n) is 5.89. The lowest BCUT2D eigenvalue weighted by Gasteiger charge is -2.10. The summed E-state index contributed by atoms with van der Waals surface area (Å²) in [6.45, 7) is 0.0488. The zero-order chi connectivity index (χ0) is 15.5. The van der Waals surface area contributed by atoms with Crippen LogP contribution in [0.4, 0.5) is 13.2 Å². The van der Waals surface area contributed by atoms with Gasteiger partial charge in [-0.1, -0.05) is 29.8 Å². The third-order valence-corrected chi connectivity index (χ3v) is 3.08. The highest BCUT2D eigenvalue weighted by molar-refractivity contribution is 6.31. The quantitative estimate of drug-likeness (QED) is 0.815. The van der Waals surface area contributed by atoms with Crippen LogP contribution in [0.15, 0.2) is 42.5 Å². The van der Waals surface area contributed by atoms with Crippen LogP contribution in [-0.4, -0.2) is 0 Å². The van der Waals surface area contributed by atoms with E-state index in [0.29, 0.717) is 11.3 Å². The van der Waals surface area contributed by atoms with Crippen molar-refractivity contribution >= 4 is 11.6 Å². The van der Waals surface area contributed by atoms with Crippen molar-refractivity contribution in [1.82, 2.24) is 0 Å². The Hall–Kier alpha value is -2.19. The first-order chi connectivity index (χ1) is 9.91. The predicted molar refractivity (Wildman–Crippen MR) is 71.9 cm³/mol. The Kier molecular flexibility index (Phi) is 4.39. The van der Waals surface area contributed by atoms with Crippen molar-refractivity contribution in [2.24, 2.45) is 0 Å². The number of hydrogen-bond acceptors (Lipinski definition) is 2. The van der Waals surface area contributed by atoms with Gasteiger partial charge in [-0.3, -0.25) is 0 Å². The van der Waals surface area contributed by atoms with Crippen LogP contribution in [0, 0.1) is 11.3 Å². The predicted octanol–water partition coefficient (Wildman–Crippen LogP) is 4.81. The molecule has 21 heavy (non-hydrogen) atoms. The minimum atomic E-state index is -4.36. The van der Waals surface area contributed by atoms with Gasteiger partial charge >= 0.3 is 6.18 Å². The molecule has 2 aromatic carbocycles. The Bertz CT molecular complexity index is 675. The fraction of sp³-hybridized carbons (Fsp3) is 0.133. The fourth-order valence-corrected chi connectivity index (χ4v) is 1.89. The molecule has 0 fully saturated rings. The van der Waals surface area contributed by atoms with Crippen LogP contribution < -0.4 is 4.74 Å². The molecular weight excluding hydrogens is 303 g/mol. The van der Waals surface area contributed by atoms with Gasteiger partial charge in [0.15, 0.2) is 0 Å². The van der Waals surface area contributed by atoms with Gasteiger partial charge in [0.1, 0.15) is 24.0 Å². The maximum Gasteiger partial charge on any atom is 0.416 e. The lowest BCUT2D eigenvalue weighted by atomic mass is 10.1. The van der Waals surface area contributed by atoms with Crippen LogP contribution in [0.1, 0.15) is 16.7 Å². The van der Waals surface area contributed by atoms with Crippen LogP contribution in [0.2, 0.25) is 5.02 Å². The molecule has 0 spiro atoms. The molecule has 0 saturated carbocycles. The summed E-state index contributed by atoms with van der Waals surface area (Å²) < 4.78 is 42.7. The van der Waals surface area contributed by atoms with E-state index in [0.717, 1.165) is 12.1 Å². The molecule has 2 aromatic rings. The van der Waals surface area contributed by atoms with Crippen molar-refractivity contribution in [2.75, 3.05) is 0 Å². The Labute approximate surface area is 124 Å². The minimum Gasteiger partial charge on any atom is -0.487 e. The first kappa shape index (κ1) is 15.2. The van der Waals surface area contributed by atoms with Gasteiger partial charge in [0.05, 0.1) is 10.6 Å². The normalized spacial score (nSPS) is 11.0. The van der Waals surface area contributed by atoms with E-state index in [4.69, 9.17) is 21.6 Å². The molecule has 0 radical (unpaired) electrons. The zero-order valence-electron chi connectivity index (χ0n) is 10.6. The van der Waals surface area contributed by atoms with E-state index in [9.17, 15) is 13.2 Å². The first-order valence-corrected chi connectivity index (χ1v) is 6.27. The van der Waals surface area contributed by atoms with Crippen molar-refractivity contribution in [3.05, 3.63) is 64.2 Å². The monoisotopic (exact) mass is 311 g/mol. The number of nitrogens with zero attached hydrogens (tertiary/aromatic N) is 1. The number of nitriles is 1. The smallest absolute Gasteiger partial charge is 0.416 e. The molecule has 0 aliphatic rings. The molecule has 0 saturated heterocycles. The van der Waals surface area contributed by atoms with E-state index < -0.39 is 11.7 Å². The molecule has 0 atom stereocenters.